The lowest BCUT2D eigenvalue weighted by atomic mass is 10.1. The van der Waals surface area contributed by atoms with Crippen LogP contribution in [-0.4, -0.2) is 59.3 Å². The highest BCUT2D eigenvalue weighted by Gasteiger charge is 2.25. The fourth-order valence-electron chi connectivity index (χ4n) is 3.31. The highest BCUT2D eigenvalue weighted by molar-refractivity contribution is 5.89. The Morgan fingerprint density at radius 1 is 0.974 bits per heavy atom. The topological polar surface area (TPSA) is 180 Å². The Bertz CT molecular complexity index is 1020. The number of amides is 3. The number of allylic oxidation sites excluding steroid dienone is 2. The first kappa shape index (κ1) is 32.9. The Kier molecular flexibility index (Phi) is 14.7. The zero-order chi connectivity index (χ0) is 29.4. The maximum atomic E-state index is 12.3. The van der Waals surface area contributed by atoms with Gasteiger partial charge < -0.3 is 35.6 Å². The van der Waals surface area contributed by atoms with Crippen molar-refractivity contribution >= 4 is 29.8 Å². The first-order valence-corrected chi connectivity index (χ1v) is 12.8. The smallest absolute Gasteiger partial charge is 0.413 e. The number of carboxylic acids is 2. The summed E-state index contributed by atoms with van der Waals surface area (Å²) >= 11 is 0. The summed E-state index contributed by atoms with van der Waals surface area (Å²) in [6.45, 7) is 5.81. The van der Waals surface area contributed by atoms with Gasteiger partial charge in [0.25, 0.3) is 0 Å². The summed E-state index contributed by atoms with van der Waals surface area (Å²) in [5, 5.41) is 25.2. The number of unbranched alkanes of at least 4 members (excludes halogenated alkanes) is 2. The first-order valence-electron chi connectivity index (χ1n) is 12.8. The van der Waals surface area contributed by atoms with Crippen molar-refractivity contribution in [2.75, 3.05) is 7.11 Å². The average molecular weight is 550 g/mol. The molecule has 5 N–H and O–H groups in total. The molecule has 2 unspecified atom stereocenters. The van der Waals surface area contributed by atoms with Gasteiger partial charge in [-0.2, -0.15) is 0 Å². The highest BCUT2D eigenvalue weighted by atomic mass is 16.6. The van der Waals surface area contributed by atoms with Crippen LogP contribution in [0.1, 0.15) is 64.9 Å². The van der Waals surface area contributed by atoms with Gasteiger partial charge in [0, 0.05) is 19.4 Å². The fourth-order valence-corrected chi connectivity index (χ4v) is 3.31. The number of carboxylic acid groups (broad SMARTS) is 2. The lowest BCUT2D eigenvalue weighted by Gasteiger charge is -2.18. The quantitative estimate of drug-likeness (QED) is 0.144. The van der Waals surface area contributed by atoms with Crippen LogP contribution in [0.2, 0.25) is 0 Å². The second-order valence-corrected chi connectivity index (χ2v) is 9.27. The zero-order valence-electron chi connectivity index (χ0n) is 22.8. The van der Waals surface area contributed by atoms with Gasteiger partial charge in [0.15, 0.2) is 11.5 Å². The van der Waals surface area contributed by atoms with Gasteiger partial charge >= 0.3 is 18.0 Å². The Hall–Kier alpha value is -4.09. The SMILES string of the molecule is COc1cc(CNC(=O)CCCC/C=C/C(C)C)ccc1OC(=O)NC(C)C(=O)NC(CCC(=O)O)C(=O)O. The number of aliphatic carboxylic acids is 2. The molecule has 0 fully saturated rings. The normalized spacial score (nSPS) is 12.4. The van der Waals surface area contributed by atoms with Crippen molar-refractivity contribution in [1.29, 1.82) is 0 Å². The van der Waals surface area contributed by atoms with Crippen molar-refractivity contribution in [3.8, 4) is 11.5 Å². The summed E-state index contributed by atoms with van der Waals surface area (Å²) in [6.07, 6.45) is 5.62. The number of ether oxygens (including phenoxy) is 2. The largest absolute Gasteiger partial charge is 0.493 e. The van der Waals surface area contributed by atoms with Crippen LogP contribution >= 0.6 is 0 Å². The molecule has 1 aromatic rings. The Morgan fingerprint density at radius 3 is 2.31 bits per heavy atom. The molecule has 0 aliphatic heterocycles. The van der Waals surface area contributed by atoms with Gasteiger partial charge in [0.2, 0.25) is 11.8 Å². The monoisotopic (exact) mass is 549 g/mol. The van der Waals surface area contributed by atoms with Gasteiger partial charge in [-0.1, -0.05) is 32.1 Å². The number of nitrogens with one attached hydrogen (secondary N) is 3. The van der Waals surface area contributed by atoms with Gasteiger partial charge in [-0.3, -0.25) is 14.4 Å². The summed E-state index contributed by atoms with van der Waals surface area (Å²) in [7, 11) is 1.38. The molecule has 39 heavy (non-hydrogen) atoms. The molecule has 1 aromatic carbocycles. The van der Waals surface area contributed by atoms with Crippen molar-refractivity contribution in [2.45, 2.75) is 77.9 Å². The molecule has 0 aromatic heterocycles. The molecule has 0 heterocycles. The first-order chi connectivity index (χ1) is 18.4. The predicted molar refractivity (Wildman–Crippen MR) is 142 cm³/mol. The third-order valence-electron chi connectivity index (χ3n) is 5.46. The number of carbonyl (C=O) groups excluding carboxylic acids is 3. The molecule has 0 saturated carbocycles. The lowest BCUT2D eigenvalue weighted by molar-refractivity contribution is -0.143. The molecule has 1 rings (SSSR count). The molecule has 0 radical (unpaired) electrons. The fraction of sp³-hybridized carbons (Fsp3) is 0.519. The summed E-state index contributed by atoms with van der Waals surface area (Å²) in [5.74, 6) is -2.68. The van der Waals surface area contributed by atoms with Crippen molar-refractivity contribution < 1.29 is 43.7 Å². The van der Waals surface area contributed by atoms with Crippen LogP contribution in [0.4, 0.5) is 4.79 Å². The van der Waals surface area contributed by atoms with E-state index in [0.29, 0.717) is 12.3 Å². The van der Waals surface area contributed by atoms with E-state index in [-0.39, 0.29) is 30.4 Å². The van der Waals surface area contributed by atoms with Crippen LogP contribution in [-0.2, 0) is 25.7 Å². The third kappa shape index (κ3) is 13.9. The van der Waals surface area contributed by atoms with Crippen LogP contribution in [0.15, 0.2) is 30.4 Å². The van der Waals surface area contributed by atoms with E-state index in [1.54, 1.807) is 12.1 Å². The van der Waals surface area contributed by atoms with Gasteiger partial charge in [0.05, 0.1) is 7.11 Å². The maximum Gasteiger partial charge on any atom is 0.413 e. The van der Waals surface area contributed by atoms with Crippen LogP contribution in [0, 0.1) is 5.92 Å². The third-order valence-corrected chi connectivity index (χ3v) is 5.46. The number of hydrogen-bond acceptors (Lipinski definition) is 7. The Morgan fingerprint density at radius 2 is 1.69 bits per heavy atom. The minimum absolute atomic E-state index is 0.0667. The van der Waals surface area contributed by atoms with Crippen LogP contribution in [0.5, 0.6) is 11.5 Å². The minimum Gasteiger partial charge on any atom is -0.493 e. The van der Waals surface area contributed by atoms with E-state index < -0.39 is 42.4 Å². The highest BCUT2D eigenvalue weighted by Crippen LogP contribution is 2.28. The van der Waals surface area contributed by atoms with Gasteiger partial charge in [-0.05, 0) is 56.2 Å². The standard InChI is InChI=1S/C27H39N3O9/c1-17(2)9-7-5-6-8-10-23(31)28-16-19-11-13-21(22(15-19)38-4)39-27(37)29-18(3)25(34)30-20(26(35)36)12-14-24(32)33/h7,9,11,13,15,17-18,20H,5-6,8,10,12,14,16H2,1-4H3,(H,28,31)(H,29,37)(H,30,34)(H,32,33)(H,35,36)/b9-7+. The molecule has 216 valence electrons. The lowest BCUT2D eigenvalue weighted by Crippen LogP contribution is -2.50. The summed E-state index contributed by atoms with van der Waals surface area (Å²) < 4.78 is 10.5. The van der Waals surface area contributed by atoms with E-state index >= 15 is 0 Å². The molecule has 0 saturated heterocycles. The van der Waals surface area contributed by atoms with E-state index in [4.69, 9.17) is 19.7 Å². The van der Waals surface area contributed by atoms with E-state index in [1.165, 1.54) is 20.1 Å². The van der Waals surface area contributed by atoms with Crippen molar-refractivity contribution in [3.63, 3.8) is 0 Å². The van der Waals surface area contributed by atoms with Crippen LogP contribution in [0.25, 0.3) is 0 Å². The number of hydrogen-bond donors (Lipinski definition) is 5. The second-order valence-electron chi connectivity index (χ2n) is 9.27. The maximum absolute atomic E-state index is 12.3. The Labute approximate surface area is 228 Å². The summed E-state index contributed by atoms with van der Waals surface area (Å²) in [5.41, 5.74) is 0.724. The van der Waals surface area contributed by atoms with E-state index in [1.807, 2.05) is 0 Å². The van der Waals surface area contributed by atoms with E-state index in [2.05, 4.69) is 41.9 Å². The van der Waals surface area contributed by atoms with Crippen molar-refractivity contribution in [1.82, 2.24) is 16.0 Å². The second kappa shape index (κ2) is 17.4. The van der Waals surface area contributed by atoms with E-state index in [9.17, 15) is 24.0 Å². The minimum atomic E-state index is -1.42. The molecular formula is C27H39N3O9. The number of benzene rings is 1. The molecular weight excluding hydrogens is 510 g/mol. The van der Waals surface area contributed by atoms with Gasteiger partial charge in [0.1, 0.15) is 12.1 Å². The molecule has 12 heteroatoms. The molecule has 2 atom stereocenters. The number of carbonyl (C=O) groups is 5. The molecule has 0 aliphatic rings. The van der Waals surface area contributed by atoms with Crippen molar-refractivity contribution in [3.05, 3.63) is 35.9 Å². The van der Waals surface area contributed by atoms with Crippen LogP contribution in [0.3, 0.4) is 0 Å². The Balaban J connectivity index is 2.57. The van der Waals surface area contributed by atoms with Gasteiger partial charge in [-0.15, -0.1) is 0 Å². The van der Waals surface area contributed by atoms with Crippen LogP contribution < -0.4 is 25.4 Å². The predicted octanol–water partition coefficient (Wildman–Crippen LogP) is 3.00. The molecule has 12 nitrogen and oxygen atoms in total. The molecule has 0 bridgehead atoms. The number of methoxy groups -OCH3 is 1. The molecule has 0 spiro atoms. The van der Waals surface area contributed by atoms with Gasteiger partial charge in [-0.25, -0.2) is 9.59 Å². The molecule has 0 aliphatic carbocycles. The summed E-state index contributed by atoms with van der Waals surface area (Å²) in [4.78, 5) is 58.6. The zero-order valence-corrected chi connectivity index (χ0v) is 22.8. The average Bonchev–Trinajstić information content (AvgIpc) is 2.87. The number of rotatable bonds is 17. The summed E-state index contributed by atoms with van der Waals surface area (Å²) in [6, 6.07) is 2.15. The van der Waals surface area contributed by atoms with E-state index in [0.717, 1.165) is 24.8 Å². The molecule has 3 amide bonds. The van der Waals surface area contributed by atoms with Crippen molar-refractivity contribution in [2.24, 2.45) is 5.92 Å².